The van der Waals surface area contributed by atoms with Gasteiger partial charge >= 0.3 is 0 Å². The van der Waals surface area contributed by atoms with Crippen molar-refractivity contribution in [2.24, 2.45) is 5.73 Å². The summed E-state index contributed by atoms with van der Waals surface area (Å²) in [5.74, 6) is 1.90. The quantitative estimate of drug-likeness (QED) is 0.734. The van der Waals surface area contributed by atoms with E-state index in [1.54, 1.807) is 11.8 Å². The zero-order valence-corrected chi connectivity index (χ0v) is 8.64. The lowest BCUT2D eigenvalue weighted by Crippen LogP contribution is -2.00. The predicted molar refractivity (Wildman–Crippen MR) is 57.4 cm³/mol. The fourth-order valence-corrected chi connectivity index (χ4v) is 1.66. The maximum atomic E-state index is 5.41. The smallest absolute Gasteiger partial charge is 0.119 e. The van der Waals surface area contributed by atoms with Gasteiger partial charge in [-0.2, -0.15) is 0 Å². The molecule has 2 N–H and O–H groups in total. The van der Waals surface area contributed by atoms with Gasteiger partial charge in [0.05, 0.1) is 6.61 Å². The summed E-state index contributed by atoms with van der Waals surface area (Å²) in [4.78, 5) is 1.24. The van der Waals surface area contributed by atoms with E-state index in [9.17, 15) is 0 Å². The van der Waals surface area contributed by atoms with Gasteiger partial charge in [0.25, 0.3) is 0 Å². The Morgan fingerprint density at radius 3 is 2.54 bits per heavy atom. The molecule has 1 rings (SSSR count). The lowest BCUT2D eigenvalue weighted by Gasteiger charge is -2.03. The summed E-state index contributed by atoms with van der Waals surface area (Å²) in [6, 6.07) is 8.10. The van der Waals surface area contributed by atoms with Gasteiger partial charge in [0.1, 0.15) is 5.75 Å². The molecule has 1 aromatic rings. The summed E-state index contributed by atoms with van der Waals surface area (Å²) >= 11 is 1.77. The molecule has 0 unspecified atom stereocenters. The second kappa shape index (κ2) is 5.89. The summed E-state index contributed by atoms with van der Waals surface area (Å²) in [5.41, 5.74) is 5.41. The van der Waals surface area contributed by atoms with Gasteiger partial charge in [-0.25, -0.2) is 0 Å². The Balaban J connectivity index is 2.48. The zero-order chi connectivity index (χ0) is 9.52. The average molecular weight is 197 g/mol. The maximum absolute atomic E-state index is 5.41. The highest BCUT2D eigenvalue weighted by Gasteiger charge is 1.94. The van der Waals surface area contributed by atoms with Crippen LogP contribution in [0.25, 0.3) is 0 Å². The standard InChI is InChI=1S/C10H15NOS/c1-2-12-9-3-5-10(6-4-9)13-8-7-11/h3-6H,2,7-8,11H2,1H3. The van der Waals surface area contributed by atoms with Gasteiger partial charge in [-0.05, 0) is 31.2 Å². The number of hydrogen-bond donors (Lipinski definition) is 1. The van der Waals surface area contributed by atoms with Crippen LogP contribution in [0.5, 0.6) is 5.75 Å². The SMILES string of the molecule is CCOc1ccc(SCCN)cc1. The van der Waals surface area contributed by atoms with Crippen LogP contribution in [-0.4, -0.2) is 18.9 Å². The van der Waals surface area contributed by atoms with Crippen LogP contribution in [0.3, 0.4) is 0 Å². The minimum absolute atomic E-state index is 0.718. The fraction of sp³-hybridized carbons (Fsp3) is 0.400. The molecule has 1 aromatic carbocycles. The molecule has 0 aliphatic carbocycles. The number of rotatable bonds is 5. The van der Waals surface area contributed by atoms with Gasteiger partial charge < -0.3 is 10.5 Å². The summed E-state index contributed by atoms with van der Waals surface area (Å²) in [5, 5.41) is 0. The van der Waals surface area contributed by atoms with Crippen LogP contribution in [0, 0.1) is 0 Å². The third-order valence-corrected chi connectivity index (χ3v) is 2.57. The molecule has 0 aliphatic heterocycles. The monoisotopic (exact) mass is 197 g/mol. The van der Waals surface area contributed by atoms with E-state index < -0.39 is 0 Å². The zero-order valence-electron chi connectivity index (χ0n) is 7.82. The van der Waals surface area contributed by atoms with E-state index in [0.29, 0.717) is 0 Å². The van der Waals surface area contributed by atoms with Crippen molar-refractivity contribution in [3.63, 3.8) is 0 Å². The van der Waals surface area contributed by atoms with Crippen LogP contribution in [0.4, 0.5) is 0 Å². The molecule has 0 bridgehead atoms. The second-order valence-electron chi connectivity index (χ2n) is 2.54. The van der Waals surface area contributed by atoms with Crippen molar-refractivity contribution in [3.05, 3.63) is 24.3 Å². The number of thioether (sulfide) groups is 1. The van der Waals surface area contributed by atoms with Crippen LogP contribution in [0.1, 0.15) is 6.92 Å². The van der Waals surface area contributed by atoms with Crippen molar-refractivity contribution in [3.8, 4) is 5.75 Å². The number of hydrogen-bond acceptors (Lipinski definition) is 3. The molecule has 0 saturated carbocycles. The average Bonchev–Trinajstić information content (AvgIpc) is 2.17. The van der Waals surface area contributed by atoms with E-state index >= 15 is 0 Å². The predicted octanol–water partition coefficient (Wildman–Crippen LogP) is 2.14. The van der Waals surface area contributed by atoms with Crippen molar-refractivity contribution in [1.29, 1.82) is 0 Å². The Bertz CT molecular complexity index is 235. The maximum Gasteiger partial charge on any atom is 0.119 e. The van der Waals surface area contributed by atoms with Crippen molar-refractivity contribution in [2.45, 2.75) is 11.8 Å². The van der Waals surface area contributed by atoms with Crippen LogP contribution >= 0.6 is 11.8 Å². The first kappa shape index (κ1) is 10.4. The minimum Gasteiger partial charge on any atom is -0.494 e. The highest BCUT2D eigenvalue weighted by Crippen LogP contribution is 2.20. The Morgan fingerprint density at radius 1 is 1.31 bits per heavy atom. The molecule has 72 valence electrons. The molecule has 0 amide bonds. The fourth-order valence-electron chi connectivity index (χ4n) is 0.976. The van der Waals surface area contributed by atoms with Gasteiger partial charge in [0, 0.05) is 17.2 Å². The summed E-state index contributed by atoms with van der Waals surface area (Å²) in [7, 11) is 0. The molecular formula is C10H15NOS. The molecule has 0 heterocycles. The van der Waals surface area contributed by atoms with Gasteiger partial charge in [-0.3, -0.25) is 0 Å². The van der Waals surface area contributed by atoms with E-state index in [1.165, 1.54) is 4.90 Å². The van der Waals surface area contributed by atoms with E-state index in [4.69, 9.17) is 10.5 Å². The second-order valence-corrected chi connectivity index (χ2v) is 3.71. The molecule has 0 spiro atoms. The number of benzene rings is 1. The first-order chi connectivity index (χ1) is 6.36. The Kier molecular flexibility index (Phi) is 4.72. The van der Waals surface area contributed by atoms with Crippen LogP contribution < -0.4 is 10.5 Å². The first-order valence-electron chi connectivity index (χ1n) is 4.42. The van der Waals surface area contributed by atoms with Gasteiger partial charge in [0.2, 0.25) is 0 Å². The number of ether oxygens (including phenoxy) is 1. The lowest BCUT2D eigenvalue weighted by atomic mass is 10.3. The normalized spacial score (nSPS) is 10.0. The largest absolute Gasteiger partial charge is 0.494 e. The van der Waals surface area contributed by atoms with Crippen LogP contribution in [0.2, 0.25) is 0 Å². The third kappa shape index (κ3) is 3.70. The van der Waals surface area contributed by atoms with Gasteiger partial charge in [-0.1, -0.05) is 0 Å². The highest BCUT2D eigenvalue weighted by atomic mass is 32.2. The Hall–Kier alpha value is -0.670. The van der Waals surface area contributed by atoms with Crippen molar-refractivity contribution in [1.82, 2.24) is 0 Å². The molecular weight excluding hydrogens is 182 g/mol. The molecule has 2 nitrogen and oxygen atoms in total. The Labute approximate surface area is 83.5 Å². The summed E-state index contributed by atoms with van der Waals surface area (Å²) in [6.45, 7) is 3.42. The molecule has 13 heavy (non-hydrogen) atoms. The minimum atomic E-state index is 0.718. The number of nitrogens with two attached hydrogens (primary N) is 1. The molecule has 3 heteroatoms. The van der Waals surface area contributed by atoms with Crippen molar-refractivity contribution >= 4 is 11.8 Å². The topological polar surface area (TPSA) is 35.2 Å². The van der Waals surface area contributed by atoms with Crippen molar-refractivity contribution in [2.75, 3.05) is 18.9 Å². The third-order valence-electron chi connectivity index (χ3n) is 1.52. The molecule has 0 fully saturated rings. The molecule has 0 aromatic heterocycles. The van der Waals surface area contributed by atoms with E-state index in [1.807, 2.05) is 19.1 Å². The van der Waals surface area contributed by atoms with Crippen LogP contribution in [-0.2, 0) is 0 Å². The van der Waals surface area contributed by atoms with E-state index in [0.717, 1.165) is 24.7 Å². The van der Waals surface area contributed by atoms with Gasteiger partial charge in [0.15, 0.2) is 0 Å². The van der Waals surface area contributed by atoms with E-state index in [2.05, 4.69) is 12.1 Å². The molecule has 0 atom stereocenters. The highest BCUT2D eigenvalue weighted by molar-refractivity contribution is 7.99. The summed E-state index contributed by atoms with van der Waals surface area (Å²) in [6.07, 6.45) is 0. The molecule has 0 radical (unpaired) electrons. The van der Waals surface area contributed by atoms with Gasteiger partial charge in [-0.15, -0.1) is 11.8 Å². The van der Waals surface area contributed by atoms with E-state index in [-0.39, 0.29) is 0 Å². The van der Waals surface area contributed by atoms with Crippen molar-refractivity contribution < 1.29 is 4.74 Å². The first-order valence-corrected chi connectivity index (χ1v) is 5.41. The lowest BCUT2D eigenvalue weighted by molar-refractivity contribution is 0.340. The summed E-state index contributed by atoms with van der Waals surface area (Å²) < 4.78 is 5.33. The van der Waals surface area contributed by atoms with Crippen LogP contribution in [0.15, 0.2) is 29.2 Å². The molecule has 0 aliphatic rings. The Morgan fingerprint density at radius 2 is 2.00 bits per heavy atom. The molecule has 0 saturated heterocycles.